The first-order valence-electron chi connectivity index (χ1n) is 2.40. The molecular formula is C4H2F4N2Se. The van der Waals surface area contributed by atoms with Gasteiger partial charge >= 0.3 is 64.0 Å². The van der Waals surface area contributed by atoms with Gasteiger partial charge in [-0.1, -0.05) is 0 Å². The summed E-state index contributed by atoms with van der Waals surface area (Å²) in [6, 6.07) is 0. The summed E-state index contributed by atoms with van der Waals surface area (Å²) < 4.78 is 46.0. The van der Waals surface area contributed by atoms with Gasteiger partial charge in [-0.25, -0.2) is 0 Å². The first-order chi connectivity index (χ1) is 4.91. The Bertz CT molecular complexity index is 266. The van der Waals surface area contributed by atoms with Crippen LogP contribution in [0.1, 0.15) is 5.69 Å². The molecule has 1 rings (SSSR count). The Kier molecular flexibility index (Phi) is 1.94. The van der Waals surface area contributed by atoms with Gasteiger partial charge in [-0.2, -0.15) is 0 Å². The van der Waals surface area contributed by atoms with Gasteiger partial charge in [0.2, 0.25) is 0 Å². The molecule has 2 N–H and O–H groups in total. The van der Waals surface area contributed by atoms with Crippen molar-refractivity contribution in [1.82, 2.24) is 4.98 Å². The van der Waals surface area contributed by atoms with E-state index in [1.54, 1.807) is 0 Å². The van der Waals surface area contributed by atoms with E-state index in [9.17, 15) is 17.6 Å². The van der Waals surface area contributed by atoms with Crippen LogP contribution in [0.5, 0.6) is 0 Å². The SMILES string of the molecule is Nc1nc(C(F)(F)F)c(F)[se]1. The van der Waals surface area contributed by atoms with Crippen molar-refractivity contribution in [3.63, 3.8) is 0 Å². The quantitative estimate of drug-likeness (QED) is 0.533. The fraction of sp³-hybridized carbons (Fsp3) is 0.250. The third-order valence-corrected chi connectivity index (χ3v) is 2.28. The van der Waals surface area contributed by atoms with Crippen LogP contribution in [0, 0.1) is 4.69 Å². The van der Waals surface area contributed by atoms with Crippen LogP contribution in [0.25, 0.3) is 0 Å². The second-order valence-electron chi connectivity index (χ2n) is 1.67. The van der Waals surface area contributed by atoms with Crippen molar-refractivity contribution < 1.29 is 17.6 Å². The molecule has 0 unspecified atom stereocenters. The van der Waals surface area contributed by atoms with Gasteiger partial charge < -0.3 is 0 Å². The van der Waals surface area contributed by atoms with Crippen LogP contribution >= 0.6 is 0 Å². The minimum absolute atomic E-state index is 0.276. The predicted molar refractivity (Wildman–Crippen MR) is 30.5 cm³/mol. The summed E-state index contributed by atoms with van der Waals surface area (Å²) in [6.45, 7) is 0. The van der Waals surface area contributed by atoms with Crippen LogP contribution in [0.15, 0.2) is 0 Å². The molecule has 0 spiro atoms. The van der Waals surface area contributed by atoms with Gasteiger partial charge in [0.25, 0.3) is 0 Å². The van der Waals surface area contributed by atoms with Gasteiger partial charge in [-0.05, 0) is 0 Å². The number of nitrogen functional groups attached to an aromatic ring is 1. The number of anilines is 1. The van der Waals surface area contributed by atoms with E-state index in [-0.39, 0.29) is 4.69 Å². The Morgan fingerprint density at radius 3 is 2.09 bits per heavy atom. The number of halogens is 4. The third-order valence-electron chi connectivity index (χ3n) is 0.871. The Morgan fingerprint density at radius 2 is 1.91 bits per heavy atom. The van der Waals surface area contributed by atoms with Gasteiger partial charge in [0, 0.05) is 0 Å². The van der Waals surface area contributed by atoms with Crippen molar-refractivity contribution in [1.29, 1.82) is 0 Å². The van der Waals surface area contributed by atoms with E-state index in [1.165, 1.54) is 0 Å². The summed E-state index contributed by atoms with van der Waals surface area (Å²) in [5, 5.41) is 0. The fourth-order valence-electron chi connectivity index (χ4n) is 0.492. The Morgan fingerprint density at radius 1 is 1.36 bits per heavy atom. The second kappa shape index (κ2) is 2.49. The van der Waals surface area contributed by atoms with E-state index in [0.29, 0.717) is 0 Å². The first-order valence-corrected chi connectivity index (χ1v) is 4.11. The molecule has 0 amide bonds. The maximum atomic E-state index is 12.3. The molecule has 0 radical (unpaired) electrons. The van der Waals surface area contributed by atoms with E-state index in [2.05, 4.69) is 4.98 Å². The van der Waals surface area contributed by atoms with Crippen LogP contribution in [0.4, 0.5) is 22.3 Å². The summed E-state index contributed by atoms with van der Waals surface area (Å²) in [4.78, 5) is 2.84. The molecule has 62 valence electrons. The number of alkyl halides is 3. The minimum atomic E-state index is -4.72. The number of nitrogens with two attached hydrogens (primary N) is 1. The van der Waals surface area contributed by atoms with E-state index in [1.807, 2.05) is 0 Å². The summed E-state index contributed by atoms with van der Waals surface area (Å²) >= 11 is -1.06. The van der Waals surface area contributed by atoms with Crippen molar-refractivity contribution in [2.24, 2.45) is 0 Å². The van der Waals surface area contributed by atoms with Crippen molar-refractivity contribution in [3.8, 4) is 0 Å². The molecule has 2 nitrogen and oxygen atoms in total. The predicted octanol–water partition coefficient (Wildman–Crippen LogP) is 0.879. The molecule has 11 heavy (non-hydrogen) atoms. The number of nitrogens with zero attached hydrogens (tertiary/aromatic N) is 1. The number of hydrogen-bond donors (Lipinski definition) is 1. The van der Waals surface area contributed by atoms with Gasteiger partial charge in [0.05, 0.1) is 0 Å². The normalized spacial score (nSPS) is 12.0. The molecule has 0 fully saturated rings. The first kappa shape index (κ1) is 8.55. The van der Waals surface area contributed by atoms with Gasteiger partial charge in [-0.15, -0.1) is 0 Å². The third kappa shape index (κ3) is 1.72. The number of hydrogen-bond acceptors (Lipinski definition) is 2. The van der Waals surface area contributed by atoms with Crippen LogP contribution in [-0.4, -0.2) is 19.5 Å². The second-order valence-corrected chi connectivity index (χ2v) is 3.73. The number of aromatic nitrogens is 1. The standard InChI is InChI=1S/C4H2F4N2Se/c5-2-1(4(6,7)8)10-3(9)11-2/h(H2,9,10). The zero-order chi connectivity index (χ0) is 8.65. The van der Waals surface area contributed by atoms with E-state index >= 15 is 0 Å². The van der Waals surface area contributed by atoms with E-state index < -0.39 is 31.1 Å². The van der Waals surface area contributed by atoms with Crippen LogP contribution < -0.4 is 5.73 Å². The molecule has 0 aliphatic heterocycles. The Labute approximate surface area is 64.8 Å². The average molecular weight is 233 g/mol. The van der Waals surface area contributed by atoms with Crippen molar-refractivity contribution in [3.05, 3.63) is 10.4 Å². The summed E-state index contributed by atoms with van der Waals surface area (Å²) in [7, 11) is 0. The summed E-state index contributed by atoms with van der Waals surface area (Å²) in [6.07, 6.45) is -4.72. The Balaban J connectivity index is 3.13. The van der Waals surface area contributed by atoms with E-state index in [0.717, 1.165) is 0 Å². The molecule has 0 aliphatic carbocycles. The monoisotopic (exact) mass is 234 g/mol. The molecule has 1 aromatic heterocycles. The van der Waals surface area contributed by atoms with Gasteiger partial charge in [0.1, 0.15) is 0 Å². The van der Waals surface area contributed by atoms with Crippen LogP contribution in [-0.2, 0) is 6.18 Å². The summed E-state index contributed by atoms with van der Waals surface area (Å²) in [5.74, 6) is 0. The fourth-order valence-corrected chi connectivity index (χ4v) is 1.71. The van der Waals surface area contributed by atoms with Crippen LogP contribution in [0.3, 0.4) is 0 Å². The number of rotatable bonds is 0. The summed E-state index contributed by atoms with van der Waals surface area (Å²) in [5.41, 5.74) is 3.43. The van der Waals surface area contributed by atoms with E-state index in [4.69, 9.17) is 5.73 Å². The molecule has 0 saturated heterocycles. The molecule has 0 saturated carbocycles. The van der Waals surface area contributed by atoms with Gasteiger partial charge in [0.15, 0.2) is 0 Å². The molecule has 0 aliphatic rings. The maximum absolute atomic E-state index is 12.3. The molecule has 1 heterocycles. The van der Waals surface area contributed by atoms with Gasteiger partial charge in [-0.3, -0.25) is 0 Å². The molecule has 0 atom stereocenters. The molecule has 1 aromatic rings. The zero-order valence-electron chi connectivity index (χ0n) is 4.94. The molecule has 7 heteroatoms. The van der Waals surface area contributed by atoms with Crippen molar-refractivity contribution in [2.45, 2.75) is 6.18 Å². The molecule has 0 aromatic carbocycles. The van der Waals surface area contributed by atoms with Crippen LogP contribution in [0.2, 0.25) is 0 Å². The average Bonchev–Trinajstić information content (AvgIpc) is 2.08. The van der Waals surface area contributed by atoms with Crippen molar-refractivity contribution >= 4 is 19.2 Å². The molecular weight excluding hydrogens is 231 g/mol. The molecule has 0 bridgehead atoms. The topological polar surface area (TPSA) is 38.9 Å². The Hall–Kier alpha value is -0.551. The van der Waals surface area contributed by atoms with Crippen molar-refractivity contribution in [2.75, 3.05) is 5.73 Å². The zero-order valence-corrected chi connectivity index (χ0v) is 6.66.